The third-order valence-corrected chi connectivity index (χ3v) is 7.31. The van der Waals surface area contributed by atoms with Crippen molar-refractivity contribution in [2.24, 2.45) is 11.8 Å². The minimum absolute atomic E-state index is 0.133. The van der Waals surface area contributed by atoms with Crippen molar-refractivity contribution >= 4 is 11.8 Å². The number of pyridine rings is 1. The number of piperidine rings is 1. The van der Waals surface area contributed by atoms with Crippen molar-refractivity contribution in [1.82, 2.24) is 19.7 Å². The second-order valence-corrected chi connectivity index (χ2v) is 9.67. The van der Waals surface area contributed by atoms with E-state index in [-0.39, 0.29) is 23.7 Å². The minimum Gasteiger partial charge on any atom is -0.489 e. The smallest absolute Gasteiger partial charge is 0.236 e. The van der Waals surface area contributed by atoms with Crippen molar-refractivity contribution in [3.63, 3.8) is 0 Å². The van der Waals surface area contributed by atoms with Crippen molar-refractivity contribution in [2.45, 2.75) is 39.8 Å². The standard InChI is InChI=1S/C29H38N4O3/c1-3-32(4-2)28(34)18-24-13-16-33-21-25(24)9-7-17-36-27-10-6-5-8-26(27)20-31(22-29(33)35)19-23-11-14-30-15-12-23/h5-12,14-15,24-25H,3-4,13,16-22H2,1-2H3/t24-,25-/m0/s1. The van der Waals surface area contributed by atoms with Crippen LogP contribution in [0.4, 0.5) is 0 Å². The summed E-state index contributed by atoms with van der Waals surface area (Å²) in [6.07, 6.45) is 9.15. The number of ether oxygens (including phenoxy) is 1. The first-order valence-electron chi connectivity index (χ1n) is 13.1. The topological polar surface area (TPSA) is 66.0 Å². The summed E-state index contributed by atoms with van der Waals surface area (Å²) in [6.45, 7) is 8.89. The average molecular weight is 491 g/mol. The molecule has 0 N–H and O–H groups in total. The number of amides is 2. The van der Waals surface area contributed by atoms with Gasteiger partial charge in [-0.15, -0.1) is 0 Å². The highest BCUT2D eigenvalue weighted by Crippen LogP contribution is 2.29. The quantitative estimate of drug-likeness (QED) is 0.577. The Morgan fingerprint density at radius 3 is 2.67 bits per heavy atom. The lowest BCUT2D eigenvalue weighted by Crippen LogP contribution is -2.48. The molecule has 4 rings (SSSR count). The van der Waals surface area contributed by atoms with Gasteiger partial charge < -0.3 is 14.5 Å². The third kappa shape index (κ3) is 6.72. The lowest BCUT2D eigenvalue weighted by Gasteiger charge is -2.38. The molecular formula is C29H38N4O3. The average Bonchev–Trinajstić information content (AvgIpc) is 2.89. The predicted octanol–water partition coefficient (Wildman–Crippen LogP) is 3.76. The number of fused-ring (bicyclic) bond motifs is 3. The van der Waals surface area contributed by atoms with Crippen LogP contribution < -0.4 is 4.74 Å². The summed E-state index contributed by atoms with van der Waals surface area (Å²) >= 11 is 0. The van der Waals surface area contributed by atoms with E-state index in [9.17, 15) is 9.59 Å². The van der Waals surface area contributed by atoms with Gasteiger partial charge in [-0.1, -0.05) is 30.4 Å². The van der Waals surface area contributed by atoms with Crippen LogP contribution in [-0.2, 0) is 22.7 Å². The van der Waals surface area contributed by atoms with Crippen molar-refractivity contribution in [1.29, 1.82) is 0 Å². The Hall–Kier alpha value is -3.19. The van der Waals surface area contributed by atoms with E-state index in [4.69, 9.17) is 4.74 Å². The van der Waals surface area contributed by atoms with Crippen LogP contribution in [0.1, 0.15) is 37.8 Å². The number of nitrogens with zero attached hydrogens (tertiary/aromatic N) is 4. The zero-order chi connectivity index (χ0) is 25.3. The molecule has 2 bridgehead atoms. The molecule has 0 spiro atoms. The molecule has 2 aliphatic heterocycles. The fourth-order valence-electron chi connectivity index (χ4n) is 5.25. The Bertz CT molecular complexity index is 1040. The SMILES string of the molecule is CCN(CC)C(=O)C[C@@H]1CCN2C[C@@H]1C=CCOc1ccccc1CN(Cc1ccncc1)CC2=O. The number of hydrogen-bond acceptors (Lipinski definition) is 5. The molecule has 1 saturated heterocycles. The van der Waals surface area contributed by atoms with Crippen molar-refractivity contribution in [3.8, 4) is 5.75 Å². The molecule has 192 valence electrons. The molecule has 1 fully saturated rings. The highest BCUT2D eigenvalue weighted by molar-refractivity contribution is 5.79. The maximum Gasteiger partial charge on any atom is 0.236 e. The van der Waals surface area contributed by atoms with Gasteiger partial charge in [0.25, 0.3) is 0 Å². The molecule has 2 aromatic rings. The Morgan fingerprint density at radius 1 is 1.11 bits per heavy atom. The molecule has 0 aliphatic carbocycles. The number of aromatic nitrogens is 1. The zero-order valence-corrected chi connectivity index (χ0v) is 21.5. The molecule has 2 atom stereocenters. The van der Waals surface area contributed by atoms with E-state index >= 15 is 0 Å². The van der Waals surface area contributed by atoms with Gasteiger partial charge in [0.2, 0.25) is 11.8 Å². The van der Waals surface area contributed by atoms with Crippen LogP contribution in [0.2, 0.25) is 0 Å². The maximum atomic E-state index is 13.5. The molecule has 36 heavy (non-hydrogen) atoms. The first-order chi connectivity index (χ1) is 17.6. The van der Waals surface area contributed by atoms with Gasteiger partial charge >= 0.3 is 0 Å². The van der Waals surface area contributed by atoms with Gasteiger partial charge in [0.05, 0.1) is 6.54 Å². The molecule has 2 aliphatic rings. The number of carbonyl (C=O) groups excluding carboxylic acids is 2. The van der Waals surface area contributed by atoms with Gasteiger partial charge in [-0.25, -0.2) is 0 Å². The van der Waals surface area contributed by atoms with Crippen molar-refractivity contribution in [2.75, 3.05) is 39.3 Å². The van der Waals surface area contributed by atoms with Crippen LogP contribution in [0.25, 0.3) is 0 Å². The zero-order valence-electron chi connectivity index (χ0n) is 21.5. The molecule has 7 heteroatoms. The minimum atomic E-state index is 0.133. The van der Waals surface area contributed by atoms with Gasteiger partial charge in [0.15, 0.2) is 0 Å². The number of hydrogen-bond donors (Lipinski definition) is 0. The highest BCUT2D eigenvalue weighted by Gasteiger charge is 2.32. The van der Waals surface area contributed by atoms with E-state index in [1.165, 1.54) is 0 Å². The molecule has 0 unspecified atom stereocenters. The van der Waals surface area contributed by atoms with E-state index in [0.29, 0.717) is 45.8 Å². The lowest BCUT2D eigenvalue weighted by atomic mass is 9.82. The highest BCUT2D eigenvalue weighted by atomic mass is 16.5. The summed E-state index contributed by atoms with van der Waals surface area (Å²) in [5, 5.41) is 0. The lowest BCUT2D eigenvalue weighted by molar-refractivity contribution is -0.136. The molecule has 2 amide bonds. The Balaban J connectivity index is 1.56. The van der Waals surface area contributed by atoms with Crippen LogP contribution in [0.5, 0.6) is 5.75 Å². The monoisotopic (exact) mass is 490 g/mol. The van der Waals surface area contributed by atoms with E-state index in [2.05, 4.69) is 28.1 Å². The number of para-hydroxylation sites is 1. The molecule has 3 heterocycles. The van der Waals surface area contributed by atoms with Gasteiger partial charge in [0.1, 0.15) is 12.4 Å². The van der Waals surface area contributed by atoms with E-state index in [1.807, 2.05) is 54.0 Å². The molecular weight excluding hydrogens is 452 g/mol. The predicted molar refractivity (Wildman–Crippen MR) is 140 cm³/mol. The summed E-state index contributed by atoms with van der Waals surface area (Å²) in [5.74, 6) is 1.53. The van der Waals surface area contributed by atoms with Gasteiger partial charge in [-0.2, -0.15) is 0 Å². The van der Waals surface area contributed by atoms with Gasteiger partial charge in [-0.05, 0) is 55.9 Å². The summed E-state index contributed by atoms with van der Waals surface area (Å²) in [6, 6.07) is 12.0. The molecule has 7 nitrogen and oxygen atoms in total. The van der Waals surface area contributed by atoms with Crippen LogP contribution >= 0.6 is 0 Å². The van der Waals surface area contributed by atoms with E-state index in [1.54, 1.807) is 12.4 Å². The summed E-state index contributed by atoms with van der Waals surface area (Å²) in [5.41, 5.74) is 2.18. The summed E-state index contributed by atoms with van der Waals surface area (Å²) in [7, 11) is 0. The maximum absolute atomic E-state index is 13.5. The van der Waals surface area contributed by atoms with Gasteiger partial charge in [-0.3, -0.25) is 19.5 Å². The van der Waals surface area contributed by atoms with Crippen LogP contribution in [0.3, 0.4) is 0 Å². The van der Waals surface area contributed by atoms with E-state index in [0.717, 1.165) is 36.4 Å². The molecule has 0 radical (unpaired) electrons. The van der Waals surface area contributed by atoms with E-state index < -0.39 is 0 Å². The van der Waals surface area contributed by atoms with Crippen molar-refractivity contribution in [3.05, 3.63) is 72.1 Å². The van der Waals surface area contributed by atoms with Crippen LogP contribution in [-0.4, -0.2) is 70.8 Å². The van der Waals surface area contributed by atoms with Crippen LogP contribution in [0, 0.1) is 11.8 Å². The molecule has 0 saturated carbocycles. The fourth-order valence-corrected chi connectivity index (χ4v) is 5.25. The largest absolute Gasteiger partial charge is 0.489 e. The Labute approximate surface area is 214 Å². The second-order valence-electron chi connectivity index (χ2n) is 9.67. The summed E-state index contributed by atoms with van der Waals surface area (Å²) < 4.78 is 6.16. The van der Waals surface area contributed by atoms with Crippen LogP contribution in [0.15, 0.2) is 60.9 Å². The summed E-state index contributed by atoms with van der Waals surface area (Å²) in [4.78, 5) is 36.6. The first kappa shape index (κ1) is 25.9. The molecule has 1 aromatic carbocycles. The fraction of sp³-hybridized carbons (Fsp3) is 0.483. The third-order valence-electron chi connectivity index (χ3n) is 7.31. The second kappa shape index (κ2) is 12.7. The Kier molecular flexibility index (Phi) is 9.11. The van der Waals surface area contributed by atoms with Gasteiger partial charge in [0, 0.05) is 63.6 Å². The molecule has 1 aromatic heterocycles. The number of benzene rings is 1. The first-order valence-corrected chi connectivity index (χ1v) is 13.1. The number of rotatable bonds is 6. The Morgan fingerprint density at radius 2 is 1.89 bits per heavy atom. The normalized spacial score (nSPS) is 20.9. The van der Waals surface area contributed by atoms with Crippen molar-refractivity contribution < 1.29 is 14.3 Å². The number of carbonyl (C=O) groups is 2.